The van der Waals surface area contributed by atoms with E-state index in [4.69, 9.17) is 0 Å². The van der Waals surface area contributed by atoms with E-state index in [1.54, 1.807) is 0 Å². The van der Waals surface area contributed by atoms with E-state index in [2.05, 4.69) is 266 Å². The average Bonchev–Trinajstić information content (AvgIpc) is 4.10. The quantitative estimate of drug-likeness (QED) is 0.147. The Balaban J connectivity index is 0.856. The van der Waals surface area contributed by atoms with Gasteiger partial charge in [0.1, 0.15) is 0 Å². The van der Waals surface area contributed by atoms with Gasteiger partial charge in [-0.1, -0.05) is 194 Å². The highest BCUT2D eigenvalue weighted by Crippen LogP contribution is 2.57. The molecule has 328 valence electrons. The van der Waals surface area contributed by atoms with Crippen molar-refractivity contribution in [2.45, 2.75) is 5.41 Å². The lowest BCUT2D eigenvalue weighted by Gasteiger charge is -2.33. The minimum Gasteiger partial charge on any atom is -0.311 e. The zero-order valence-electron chi connectivity index (χ0n) is 38.1. The Morgan fingerprint density at radius 3 is 1.39 bits per heavy atom. The van der Waals surface area contributed by atoms with E-state index in [-0.39, 0.29) is 0 Å². The topological polar surface area (TPSA) is 3.24 Å². The summed E-state index contributed by atoms with van der Waals surface area (Å²) in [6.45, 7) is 0. The van der Waals surface area contributed by atoms with E-state index in [0.29, 0.717) is 0 Å². The summed E-state index contributed by atoms with van der Waals surface area (Å²) in [5.74, 6) is 0. The molecule has 14 rings (SSSR count). The Labute approximate surface area is 415 Å². The molecule has 0 radical (unpaired) electrons. The van der Waals surface area contributed by atoms with Gasteiger partial charge in [0.15, 0.2) is 0 Å². The van der Waals surface area contributed by atoms with Gasteiger partial charge in [-0.25, -0.2) is 0 Å². The predicted molar refractivity (Wildman–Crippen MR) is 301 cm³/mol. The summed E-state index contributed by atoms with van der Waals surface area (Å²) >= 11 is 3.74. The van der Waals surface area contributed by atoms with Gasteiger partial charge in [-0.15, -0.1) is 22.7 Å². The normalized spacial score (nSPS) is 12.7. The molecule has 0 saturated heterocycles. The van der Waals surface area contributed by atoms with E-state index in [9.17, 15) is 0 Å². The first-order valence-electron chi connectivity index (χ1n) is 24.0. The molecule has 0 spiro atoms. The molecule has 1 aliphatic rings. The number of anilines is 3. The van der Waals surface area contributed by atoms with Crippen LogP contribution in [-0.4, -0.2) is 0 Å². The summed E-state index contributed by atoms with van der Waals surface area (Å²) in [6.07, 6.45) is 0. The summed E-state index contributed by atoms with van der Waals surface area (Å²) < 4.78 is 5.29. The van der Waals surface area contributed by atoms with Crippen molar-refractivity contribution in [2.75, 3.05) is 4.90 Å². The third-order valence-electron chi connectivity index (χ3n) is 14.6. The second-order valence-electron chi connectivity index (χ2n) is 18.4. The molecule has 0 N–H and O–H groups in total. The van der Waals surface area contributed by atoms with Crippen LogP contribution in [0.15, 0.2) is 261 Å². The van der Waals surface area contributed by atoms with E-state index in [1.807, 2.05) is 22.7 Å². The summed E-state index contributed by atoms with van der Waals surface area (Å²) in [7, 11) is 0. The second-order valence-corrected chi connectivity index (χ2v) is 20.5. The van der Waals surface area contributed by atoms with Crippen molar-refractivity contribution in [1.29, 1.82) is 0 Å². The first-order chi connectivity index (χ1) is 34.7. The molecule has 1 nitrogen and oxygen atoms in total. The third-order valence-corrected chi connectivity index (χ3v) is 17.0. The molecule has 0 unspecified atom stereocenters. The van der Waals surface area contributed by atoms with Gasteiger partial charge in [0.25, 0.3) is 0 Å². The molecular weight excluding hydrogens is 883 g/mol. The van der Waals surface area contributed by atoms with Gasteiger partial charge in [0, 0.05) is 57.4 Å². The van der Waals surface area contributed by atoms with Gasteiger partial charge in [0.2, 0.25) is 0 Å². The van der Waals surface area contributed by atoms with Gasteiger partial charge >= 0.3 is 0 Å². The molecule has 1 aliphatic carbocycles. The molecule has 70 heavy (non-hydrogen) atoms. The van der Waals surface area contributed by atoms with Crippen LogP contribution in [0.2, 0.25) is 0 Å². The fourth-order valence-corrected chi connectivity index (χ4v) is 13.7. The largest absolute Gasteiger partial charge is 0.311 e. The number of hydrogen-bond acceptors (Lipinski definition) is 3. The van der Waals surface area contributed by atoms with Gasteiger partial charge in [-0.3, -0.25) is 0 Å². The van der Waals surface area contributed by atoms with Crippen molar-refractivity contribution in [3.8, 4) is 44.5 Å². The van der Waals surface area contributed by atoms with Crippen LogP contribution in [0, 0.1) is 0 Å². The molecular formula is C67H43NS2. The van der Waals surface area contributed by atoms with Crippen molar-refractivity contribution in [1.82, 2.24) is 0 Å². The zero-order valence-corrected chi connectivity index (χ0v) is 39.7. The van der Waals surface area contributed by atoms with Gasteiger partial charge in [0.05, 0.1) is 5.41 Å². The summed E-state index contributed by atoms with van der Waals surface area (Å²) in [4.78, 5) is 2.39. The van der Waals surface area contributed by atoms with Crippen LogP contribution in [0.3, 0.4) is 0 Å². The van der Waals surface area contributed by atoms with Crippen molar-refractivity contribution < 1.29 is 0 Å². The molecule has 3 heteroatoms. The van der Waals surface area contributed by atoms with E-state index >= 15 is 0 Å². The predicted octanol–water partition coefficient (Wildman–Crippen LogP) is 19.3. The molecule has 2 heterocycles. The lowest BCUT2D eigenvalue weighted by Crippen LogP contribution is -2.28. The Hall–Kier alpha value is -8.34. The van der Waals surface area contributed by atoms with E-state index in [0.717, 1.165) is 17.1 Å². The number of nitrogens with zero attached hydrogens (tertiary/aromatic N) is 1. The molecule has 11 aromatic carbocycles. The minimum atomic E-state index is -0.419. The van der Waals surface area contributed by atoms with Gasteiger partial charge in [-0.05, 0) is 133 Å². The van der Waals surface area contributed by atoms with E-state index < -0.39 is 5.41 Å². The SMILES string of the molecule is c1ccc(C2(c3ccccc3)c3ccccc3-c3cc(-c4ccc(N(c5ccc(-c6ccc7sc8ccccc8c7c6)cc5)c5ccc(-c6cccc7c6sc6ccccc67)cc5)cc4)ccc32)cc1. The van der Waals surface area contributed by atoms with Crippen LogP contribution in [0.4, 0.5) is 17.1 Å². The number of benzene rings is 11. The van der Waals surface area contributed by atoms with Crippen molar-refractivity contribution in [3.05, 3.63) is 283 Å². The van der Waals surface area contributed by atoms with E-state index in [1.165, 1.54) is 107 Å². The molecule has 0 bridgehead atoms. The average molecular weight is 926 g/mol. The Morgan fingerprint density at radius 2 is 0.729 bits per heavy atom. The first-order valence-corrected chi connectivity index (χ1v) is 25.6. The molecule has 0 atom stereocenters. The Kier molecular flexibility index (Phi) is 9.55. The number of rotatable bonds is 8. The van der Waals surface area contributed by atoms with Crippen molar-refractivity contribution in [2.24, 2.45) is 0 Å². The highest BCUT2D eigenvalue weighted by Gasteiger charge is 2.46. The summed E-state index contributed by atoms with van der Waals surface area (Å²) in [6, 6.07) is 96.6. The van der Waals surface area contributed by atoms with Crippen LogP contribution in [0.25, 0.3) is 84.9 Å². The lowest BCUT2D eigenvalue weighted by molar-refractivity contribution is 0.768. The third kappa shape index (κ3) is 6.43. The second kappa shape index (κ2) is 16.4. The first kappa shape index (κ1) is 40.7. The summed E-state index contributed by atoms with van der Waals surface area (Å²) in [5.41, 5.74) is 17.9. The lowest BCUT2D eigenvalue weighted by atomic mass is 9.67. The standard InChI is InChI=1S/C67H43NS2/c1-3-14-49(15-4-1)67(50-16-5-2-6-17-50)61-23-10-7-18-55(61)59-42-47(32-40-62(59)67)44-26-34-51(35-27-44)68(52-36-28-45(29-37-52)48-33-41-65-60(43-48)57-20-9-11-24-63(57)69-65)53-38-30-46(31-39-53)54-21-13-22-58-56-19-8-12-25-64(56)70-66(54)58/h1-43H. The molecule has 0 amide bonds. The van der Waals surface area contributed by atoms with Crippen LogP contribution in [-0.2, 0) is 5.41 Å². The van der Waals surface area contributed by atoms with Crippen LogP contribution in [0.5, 0.6) is 0 Å². The van der Waals surface area contributed by atoms with Crippen molar-refractivity contribution in [3.63, 3.8) is 0 Å². The molecule has 0 fully saturated rings. The molecule has 2 aromatic heterocycles. The maximum Gasteiger partial charge on any atom is 0.0713 e. The van der Waals surface area contributed by atoms with Crippen LogP contribution in [0.1, 0.15) is 22.3 Å². The number of hydrogen-bond donors (Lipinski definition) is 0. The van der Waals surface area contributed by atoms with Gasteiger partial charge < -0.3 is 4.90 Å². The fourth-order valence-electron chi connectivity index (χ4n) is 11.4. The van der Waals surface area contributed by atoms with Crippen LogP contribution >= 0.6 is 22.7 Å². The fraction of sp³-hybridized carbons (Fsp3) is 0.0149. The Bertz CT molecular complexity index is 4050. The minimum absolute atomic E-state index is 0.419. The Morgan fingerprint density at radius 1 is 0.271 bits per heavy atom. The smallest absolute Gasteiger partial charge is 0.0713 e. The van der Waals surface area contributed by atoms with Crippen molar-refractivity contribution >= 4 is 80.1 Å². The number of thiophene rings is 2. The maximum atomic E-state index is 2.42. The maximum absolute atomic E-state index is 2.42. The highest BCUT2D eigenvalue weighted by atomic mass is 32.1. The highest BCUT2D eigenvalue weighted by molar-refractivity contribution is 7.26. The zero-order chi connectivity index (χ0) is 46.2. The molecule has 13 aromatic rings. The summed E-state index contributed by atoms with van der Waals surface area (Å²) in [5, 5.41) is 5.27. The monoisotopic (exact) mass is 925 g/mol. The van der Waals surface area contributed by atoms with Crippen LogP contribution < -0.4 is 4.90 Å². The molecule has 0 aliphatic heterocycles. The number of fused-ring (bicyclic) bond motifs is 9. The van der Waals surface area contributed by atoms with Gasteiger partial charge in [-0.2, -0.15) is 0 Å². The molecule has 0 saturated carbocycles.